The van der Waals surface area contributed by atoms with E-state index in [1.807, 2.05) is 0 Å². The first-order valence-electron chi connectivity index (χ1n) is 5.12. The molecule has 2 aromatic rings. The molecule has 0 saturated carbocycles. The van der Waals surface area contributed by atoms with Crippen LogP contribution in [0.15, 0.2) is 40.3 Å². The number of H-pyrrole nitrogens is 1. The van der Waals surface area contributed by atoms with Gasteiger partial charge in [0.1, 0.15) is 11.5 Å². The number of hydrogen-bond donors (Lipinski definition) is 2. The fraction of sp³-hybridized carbons (Fsp3) is 0.182. The van der Waals surface area contributed by atoms with Crippen molar-refractivity contribution in [1.29, 1.82) is 0 Å². The monoisotopic (exact) mass is 232 g/mol. The second-order valence-electron chi connectivity index (χ2n) is 3.38. The molecule has 2 rings (SSSR count). The summed E-state index contributed by atoms with van der Waals surface area (Å²) in [6.45, 7) is 4.07. The zero-order chi connectivity index (χ0) is 12.1. The Labute approximate surface area is 97.4 Å². The minimum absolute atomic E-state index is 0.275. The Kier molecular flexibility index (Phi) is 3.34. The molecular formula is C11H12N4O2. The van der Waals surface area contributed by atoms with E-state index >= 15 is 0 Å². The van der Waals surface area contributed by atoms with E-state index in [0.29, 0.717) is 30.4 Å². The van der Waals surface area contributed by atoms with Crippen LogP contribution < -0.4 is 10.9 Å². The van der Waals surface area contributed by atoms with Gasteiger partial charge in [-0.15, -0.1) is 16.8 Å². The van der Waals surface area contributed by atoms with Gasteiger partial charge in [0.25, 0.3) is 5.56 Å². The third-order valence-electron chi connectivity index (χ3n) is 2.10. The first-order chi connectivity index (χ1) is 8.29. The topological polar surface area (TPSA) is 83.8 Å². The van der Waals surface area contributed by atoms with Crippen molar-refractivity contribution in [3.05, 3.63) is 52.9 Å². The molecule has 2 heterocycles. The van der Waals surface area contributed by atoms with Crippen LogP contribution in [0.25, 0.3) is 0 Å². The first-order valence-corrected chi connectivity index (χ1v) is 5.12. The highest BCUT2D eigenvalue weighted by Crippen LogP contribution is 2.04. The van der Waals surface area contributed by atoms with Gasteiger partial charge in [-0.3, -0.25) is 9.78 Å². The number of nitrogens with one attached hydrogen (secondary N) is 2. The lowest BCUT2D eigenvalue weighted by molar-refractivity contribution is 0.517. The second kappa shape index (κ2) is 5.11. The highest BCUT2D eigenvalue weighted by atomic mass is 16.3. The van der Waals surface area contributed by atoms with E-state index in [4.69, 9.17) is 4.42 Å². The average molecular weight is 232 g/mol. The first kappa shape index (κ1) is 11.1. The van der Waals surface area contributed by atoms with Crippen LogP contribution in [0.2, 0.25) is 0 Å². The van der Waals surface area contributed by atoms with Crippen molar-refractivity contribution in [2.45, 2.75) is 6.42 Å². The third kappa shape index (κ3) is 2.81. The van der Waals surface area contributed by atoms with Gasteiger partial charge in [-0.05, 0) is 12.1 Å². The Bertz CT molecular complexity index is 545. The van der Waals surface area contributed by atoms with Gasteiger partial charge in [-0.2, -0.15) is 0 Å². The lowest BCUT2D eigenvalue weighted by atomic mass is 10.2. The summed E-state index contributed by atoms with van der Waals surface area (Å²) in [6, 6.07) is 3.54. The van der Waals surface area contributed by atoms with Crippen molar-refractivity contribution < 1.29 is 4.42 Å². The van der Waals surface area contributed by atoms with Crippen molar-refractivity contribution in [3.8, 4) is 0 Å². The number of nitrogens with zero attached hydrogens (tertiary/aromatic N) is 2. The molecule has 0 atom stereocenters. The van der Waals surface area contributed by atoms with Gasteiger partial charge in [0, 0.05) is 6.54 Å². The number of aromatic nitrogens is 3. The predicted molar refractivity (Wildman–Crippen MR) is 62.9 cm³/mol. The summed E-state index contributed by atoms with van der Waals surface area (Å²) in [5.41, 5.74) is 0.0482. The van der Waals surface area contributed by atoms with Crippen molar-refractivity contribution in [2.24, 2.45) is 0 Å². The fourth-order valence-electron chi connectivity index (χ4n) is 1.30. The standard InChI is InChI=1S/C11H12N4O2/c1-2-5-12-11-13-10(16)9(14-15-11)7-8-4-3-6-17-8/h2-4,6H,1,5,7H2,(H2,12,13,15,16). The summed E-state index contributed by atoms with van der Waals surface area (Å²) in [5, 5.41) is 10.6. The fourth-order valence-corrected chi connectivity index (χ4v) is 1.30. The molecule has 6 heteroatoms. The van der Waals surface area contributed by atoms with Crippen LogP contribution in [0, 0.1) is 0 Å². The minimum atomic E-state index is -0.275. The van der Waals surface area contributed by atoms with E-state index in [9.17, 15) is 4.79 Å². The molecule has 0 aliphatic rings. The number of furan rings is 1. The van der Waals surface area contributed by atoms with E-state index in [-0.39, 0.29) is 5.56 Å². The zero-order valence-electron chi connectivity index (χ0n) is 9.14. The molecule has 0 radical (unpaired) electrons. The lowest BCUT2D eigenvalue weighted by Crippen LogP contribution is -2.19. The average Bonchev–Trinajstić information content (AvgIpc) is 2.82. The van der Waals surface area contributed by atoms with E-state index in [1.165, 1.54) is 0 Å². The van der Waals surface area contributed by atoms with Crippen LogP contribution in [0.5, 0.6) is 0 Å². The Morgan fingerprint density at radius 1 is 1.53 bits per heavy atom. The molecule has 0 bridgehead atoms. The smallest absolute Gasteiger partial charge is 0.274 e. The molecular weight excluding hydrogens is 220 g/mol. The predicted octanol–water partition coefficient (Wildman–Crippen LogP) is 0.947. The van der Waals surface area contributed by atoms with Gasteiger partial charge >= 0.3 is 0 Å². The molecule has 0 spiro atoms. The molecule has 2 aromatic heterocycles. The molecule has 0 aliphatic carbocycles. The molecule has 88 valence electrons. The van der Waals surface area contributed by atoms with Gasteiger partial charge < -0.3 is 9.73 Å². The summed E-state index contributed by atoms with van der Waals surface area (Å²) in [6.07, 6.45) is 3.55. The Morgan fingerprint density at radius 3 is 3.06 bits per heavy atom. The van der Waals surface area contributed by atoms with Crippen molar-refractivity contribution in [1.82, 2.24) is 15.2 Å². The lowest BCUT2D eigenvalue weighted by Gasteiger charge is -2.01. The molecule has 0 amide bonds. The van der Waals surface area contributed by atoms with Crippen molar-refractivity contribution in [3.63, 3.8) is 0 Å². The maximum Gasteiger partial charge on any atom is 0.274 e. The van der Waals surface area contributed by atoms with Crippen molar-refractivity contribution >= 4 is 5.95 Å². The summed E-state index contributed by atoms with van der Waals surface area (Å²) in [7, 11) is 0. The quantitative estimate of drug-likeness (QED) is 0.750. The summed E-state index contributed by atoms with van der Waals surface area (Å²) < 4.78 is 5.14. The number of anilines is 1. The Hall–Kier alpha value is -2.37. The third-order valence-corrected chi connectivity index (χ3v) is 2.10. The van der Waals surface area contributed by atoms with E-state index < -0.39 is 0 Å². The van der Waals surface area contributed by atoms with E-state index in [1.54, 1.807) is 24.5 Å². The van der Waals surface area contributed by atoms with Crippen LogP contribution in [0.3, 0.4) is 0 Å². The summed E-state index contributed by atoms with van der Waals surface area (Å²) in [5.74, 6) is 1.01. The minimum Gasteiger partial charge on any atom is -0.469 e. The molecule has 0 aliphatic heterocycles. The number of hydrogen-bond acceptors (Lipinski definition) is 5. The van der Waals surface area contributed by atoms with Gasteiger partial charge in [0.15, 0.2) is 0 Å². The van der Waals surface area contributed by atoms with E-state index in [0.717, 1.165) is 0 Å². The van der Waals surface area contributed by atoms with Crippen LogP contribution in [-0.4, -0.2) is 21.7 Å². The maximum atomic E-state index is 11.7. The molecule has 2 N–H and O–H groups in total. The molecule has 0 unspecified atom stereocenters. The van der Waals surface area contributed by atoms with Gasteiger partial charge in [-0.25, -0.2) is 0 Å². The zero-order valence-corrected chi connectivity index (χ0v) is 9.14. The van der Waals surface area contributed by atoms with E-state index in [2.05, 4.69) is 27.1 Å². The maximum absolute atomic E-state index is 11.7. The molecule has 0 fully saturated rings. The number of rotatable bonds is 5. The summed E-state index contributed by atoms with van der Waals surface area (Å²) in [4.78, 5) is 14.3. The van der Waals surface area contributed by atoms with Gasteiger partial charge in [-0.1, -0.05) is 6.08 Å². The SMILES string of the molecule is C=CCNc1nnc(Cc2ccco2)c(=O)[nH]1. The summed E-state index contributed by atoms with van der Waals surface area (Å²) >= 11 is 0. The van der Waals surface area contributed by atoms with Crippen LogP contribution in [-0.2, 0) is 6.42 Å². The second-order valence-corrected chi connectivity index (χ2v) is 3.38. The van der Waals surface area contributed by atoms with Crippen molar-refractivity contribution in [2.75, 3.05) is 11.9 Å². The Balaban J connectivity index is 2.14. The highest BCUT2D eigenvalue weighted by Gasteiger charge is 2.07. The van der Waals surface area contributed by atoms with Crippen LogP contribution >= 0.6 is 0 Å². The Morgan fingerprint density at radius 2 is 2.41 bits per heavy atom. The van der Waals surface area contributed by atoms with Gasteiger partial charge in [0.05, 0.1) is 12.7 Å². The largest absolute Gasteiger partial charge is 0.469 e. The van der Waals surface area contributed by atoms with Crippen LogP contribution in [0.4, 0.5) is 5.95 Å². The normalized spacial score (nSPS) is 10.1. The number of aromatic amines is 1. The molecule has 6 nitrogen and oxygen atoms in total. The molecule has 0 aromatic carbocycles. The van der Waals surface area contributed by atoms with Crippen LogP contribution in [0.1, 0.15) is 11.5 Å². The van der Waals surface area contributed by atoms with Gasteiger partial charge in [0.2, 0.25) is 5.95 Å². The highest BCUT2D eigenvalue weighted by molar-refractivity contribution is 5.23. The molecule has 17 heavy (non-hydrogen) atoms. The molecule has 0 saturated heterocycles.